The van der Waals surface area contributed by atoms with Gasteiger partial charge in [-0.2, -0.15) is 10.5 Å². The lowest BCUT2D eigenvalue weighted by Crippen LogP contribution is -2.12. The van der Waals surface area contributed by atoms with Gasteiger partial charge in [0, 0.05) is 11.3 Å². The van der Waals surface area contributed by atoms with Crippen LogP contribution in [0.5, 0.6) is 0 Å². The normalized spacial score (nSPS) is 9.96. The van der Waals surface area contributed by atoms with Crippen LogP contribution in [0.25, 0.3) is 22.3 Å². The van der Waals surface area contributed by atoms with Crippen LogP contribution in [-0.4, -0.2) is 4.98 Å². The molecule has 0 atom stereocenters. The number of nitrogens with one attached hydrogen (secondary N) is 1. The van der Waals surface area contributed by atoms with Gasteiger partial charge in [0.1, 0.15) is 11.6 Å². The van der Waals surface area contributed by atoms with Gasteiger partial charge in [-0.15, -0.1) is 0 Å². The van der Waals surface area contributed by atoms with Crippen LogP contribution in [0.2, 0.25) is 0 Å². The van der Waals surface area contributed by atoms with Crippen molar-refractivity contribution in [3.05, 3.63) is 81.8 Å². The van der Waals surface area contributed by atoms with Gasteiger partial charge < -0.3 is 4.98 Å². The minimum absolute atomic E-state index is 0.0875. The van der Waals surface area contributed by atoms with Crippen LogP contribution in [0, 0.1) is 29.6 Å². The summed E-state index contributed by atoms with van der Waals surface area (Å²) in [5, 5.41) is 18.5. The molecule has 0 aliphatic carbocycles. The molecule has 0 radical (unpaired) electrons. The lowest BCUT2D eigenvalue weighted by molar-refractivity contribution is 1.13. The van der Waals surface area contributed by atoms with E-state index in [2.05, 4.69) is 11.1 Å². The van der Waals surface area contributed by atoms with Crippen molar-refractivity contribution >= 4 is 0 Å². The third-order valence-corrected chi connectivity index (χ3v) is 3.80. The first-order valence-corrected chi connectivity index (χ1v) is 7.38. The van der Waals surface area contributed by atoms with E-state index in [4.69, 9.17) is 5.26 Å². The average molecular weight is 311 g/mol. The van der Waals surface area contributed by atoms with E-state index in [0.29, 0.717) is 16.8 Å². The standard InChI is InChI=1S/C20H13N3O/c1-13-9-18(19(12-22)20(24)23-13)17-8-3-2-7-16(17)15-6-4-5-14(10-15)11-21/h2-10H,1H3,(H,23,24). The maximum atomic E-state index is 12.1. The number of hydrogen-bond donors (Lipinski definition) is 1. The summed E-state index contributed by atoms with van der Waals surface area (Å²) >= 11 is 0. The Balaban J connectivity index is 2.31. The molecule has 0 saturated heterocycles. The Bertz CT molecular complexity index is 1070. The second-order valence-electron chi connectivity index (χ2n) is 5.42. The summed E-state index contributed by atoms with van der Waals surface area (Å²) in [6.07, 6.45) is 0. The Morgan fingerprint density at radius 2 is 1.62 bits per heavy atom. The first-order valence-electron chi connectivity index (χ1n) is 7.38. The Hall–Kier alpha value is -3.63. The molecule has 0 aliphatic heterocycles. The number of rotatable bonds is 2. The Kier molecular flexibility index (Phi) is 3.97. The summed E-state index contributed by atoms with van der Waals surface area (Å²) in [6, 6.07) is 20.7. The van der Waals surface area contributed by atoms with E-state index in [1.54, 1.807) is 25.1 Å². The van der Waals surface area contributed by atoms with Crippen molar-refractivity contribution in [2.45, 2.75) is 6.92 Å². The topological polar surface area (TPSA) is 80.4 Å². The van der Waals surface area contributed by atoms with Gasteiger partial charge in [-0.25, -0.2) is 0 Å². The van der Waals surface area contributed by atoms with E-state index >= 15 is 0 Å². The van der Waals surface area contributed by atoms with Crippen LogP contribution in [-0.2, 0) is 0 Å². The second-order valence-corrected chi connectivity index (χ2v) is 5.42. The number of hydrogen-bond acceptors (Lipinski definition) is 3. The van der Waals surface area contributed by atoms with Crippen molar-refractivity contribution in [1.29, 1.82) is 10.5 Å². The molecule has 4 nitrogen and oxygen atoms in total. The van der Waals surface area contributed by atoms with Crippen molar-refractivity contribution in [1.82, 2.24) is 4.98 Å². The van der Waals surface area contributed by atoms with Crippen LogP contribution in [0.3, 0.4) is 0 Å². The zero-order valence-electron chi connectivity index (χ0n) is 13.0. The molecule has 1 aromatic heterocycles. The molecule has 1 N–H and O–H groups in total. The molecular weight excluding hydrogens is 298 g/mol. The summed E-state index contributed by atoms with van der Waals surface area (Å²) < 4.78 is 0. The fraction of sp³-hybridized carbons (Fsp3) is 0.0500. The lowest BCUT2D eigenvalue weighted by atomic mass is 9.92. The number of aromatic nitrogens is 1. The van der Waals surface area contributed by atoms with Crippen LogP contribution in [0.4, 0.5) is 0 Å². The molecule has 0 spiro atoms. The number of H-pyrrole nitrogens is 1. The fourth-order valence-electron chi connectivity index (χ4n) is 2.74. The minimum Gasteiger partial charge on any atom is -0.325 e. The molecule has 3 aromatic rings. The first kappa shape index (κ1) is 15.3. The molecule has 114 valence electrons. The van der Waals surface area contributed by atoms with Crippen LogP contribution in [0.15, 0.2) is 59.4 Å². The highest BCUT2D eigenvalue weighted by molar-refractivity contribution is 5.86. The molecule has 0 unspecified atom stereocenters. The van der Waals surface area contributed by atoms with Gasteiger partial charge in [0.05, 0.1) is 11.6 Å². The van der Waals surface area contributed by atoms with Crippen LogP contribution >= 0.6 is 0 Å². The summed E-state index contributed by atoms with van der Waals surface area (Å²) in [5.74, 6) is 0. The number of nitrogens with zero attached hydrogens (tertiary/aromatic N) is 2. The zero-order valence-corrected chi connectivity index (χ0v) is 13.0. The number of pyridine rings is 1. The highest BCUT2D eigenvalue weighted by atomic mass is 16.1. The summed E-state index contributed by atoms with van der Waals surface area (Å²) in [6.45, 7) is 1.78. The van der Waals surface area contributed by atoms with E-state index in [-0.39, 0.29) is 5.56 Å². The van der Waals surface area contributed by atoms with E-state index in [9.17, 15) is 10.1 Å². The molecule has 0 saturated carbocycles. The largest absolute Gasteiger partial charge is 0.325 e. The highest BCUT2D eigenvalue weighted by Gasteiger charge is 2.14. The van der Waals surface area contributed by atoms with Gasteiger partial charge in [-0.1, -0.05) is 36.4 Å². The minimum atomic E-state index is -0.395. The third kappa shape index (κ3) is 2.69. The van der Waals surface area contributed by atoms with Gasteiger partial charge in [-0.05, 0) is 41.8 Å². The molecule has 1 heterocycles. The van der Waals surface area contributed by atoms with Crippen molar-refractivity contribution in [2.75, 3.05) is 0 Å². The smallest absolute Gasteiger partial charge is 0.266 e. The number of benzene rings is 2. The summed E-state index contributed by atoms with van der Waals surface area (Å²) in [4.78, 5) is 14.7. The van der Waals surface area contributed by atoms with Crippen LogP contribution in [0.1, 0.15) is 16.8 Å². The van der Waals surface area contributed by atoms with Gasteiger partial charge in [-0.3, -0.25) is 4.79 Å². The molecule has 24 heavy (non-hydrogen) atoms. The Morgan fingerprint density at radius 3 is 2.33 bits per heavy atom. The highest BCUT2D eigenvalue weighted by Crippen LogP contribution is 2.33. The quantitative estimate of drug-likeness (QED) is 0.782. The van der Waals surface area contributed by atoms with Crippen molar-refractivity contribution in [2.24, 2.45) is 0 Å². The van der Waals surface area contributed by atoms with E-state index in [1.807, 2.05) is 42.5 Å². The van der Waals surface area contributed by atoms with Gasteiger partial charge in [0.25, 0.3) is 5.56 Å². The SMILES string of the molecule is Cc1cc(-c2ccccc2-c2cccc(C#N)c2)c(C#N)c(=O)[nH]1. The molecule has 3 rings (SSSR count). The van der Waals surface area contributed by atoms with Crippen LogP contribution < -0.4 is 5.56 Å². The zero-order chi connectivity index (χ0) is 17.1. The maximum Gasteiger partial charge on any atom is 0.266 e. The monoisotopic (exact) mass is 311 g/mol. The summed E-state index contributed by atoms with van der Waals surface area (Å²) in [7, 11) is 0. The molecule has 0 amide bonds. The number of aryl methyl sites for hydroxylation is 1. The molecule has 4 heteroatoms. The second kappa shape index (κ2) is 6.24. The maximum absolute atomic E-state index is 12.1. The van der Waals surface area contributed by atoms with Crippen molar-refractivity contribution < 1.29 is 0 Å². The average Bonchev–Trinajstić information content (AvgIpc) is 2.61. The first-order chi connectivity index (χ1) is 11.6. The van der Waals surface area contributed by atoms with Gasteiger partial charge >= 0.3 is 0 Å². The lowest BCUT2D eigenvalue weighted by Gasteiger charge is -2.12. The predicted octanol–water partition coefficient (Wildman–Crippen LogP) is 3.76. The third-order valence-electron chi connectivity index (χ3n) is 3.80. The predicted molar refractivity (Wildman–Crippen MR) is 92.1 cm³/mol. The molecule has 0 aliphatic rings. The van der Waals surface area contributed by atoms with E-state index in [0.717, 1.165) is 16.7 Å². The number of aromatic amines is 1. The summed E-state index contributed by atoms with van der Waals surface area (Å²) in [5.41, 5.74) is 4.06. The number of nitriles is 2. The van der Waals surface area contributed by atoms with Crippen molar-refractivity contribution in [3.8, 4) is 34.4 Å². The molecule has 0 bridgehead atoms. The van der Waals surface area contributed by atoms with Gasteiger partial charge in [0.15, 0.2) is 0 Å². The van der Waals surface area contributed by atoms with Gasteiger partial charge in [0.2, 0.25) is 0 Å². The Morgan fingerprint density at radius 1 is 0.875 bits per heavy atom. The fourth-order valence-corrected chi connectivity index (χ4v) is 2.74. The molecule has 2 aromatic carbocycles. The van der Waals surface area contributed by atoms with E-state index < -0.39 is 5.56 Å². The van der Waals surface area contributed by atoms with Crippen molar-refractivity contribution in [3.63, 3.8) is 0 Å². The molecular formula is C20H13N3O. The Labute approximate surface area is 139 Å². The molecule has 0 fully saturated rings. The van der Waals surface area contributed by atoms with E-state index in [1.165, 1.54) is 0 Å².